The molecule has 2 rings (SSSR count). The third kappa shape index (κ3) is 4.16. The molecule has 2 heterocycles. The van der Waals surface area contributed by atoms with Crippen LogP contribution in [0.15, 0.2) is 18.3 Å². The number of nitrogens with one attached hydrogen (secondary N) is 1. The largest absolute Gasteiger partial charge is 0.383 e. The Balaban J connectivity index is 1.83. The van der Waals surface area contributed by atoms with Gasteiger partial charge in [-0.15, -0.1) is 0 Å². The van der Waals surface area contributed by atoms with Crippen LogP contribution in [0.2, 0.25) is 0 Å². The molecule has 1 aromatic heterocycles. The van der Waals surface area contributed by atoms with Gasteiger partial charge in [0.05, 0.1) is 19.3 Å². The number of pyridine rings is 1. The second kappa shape index (κ2) is 7.43. The molecule has 0 aliphatic carbocycles. The zero-order valence-electron chi connectivity index (χ0n) is 11.8. The maximum atomic E-state index is 5.41. The zero-order chi connectivity index (χ0) is 13.5. The molecule has 0 saturated carbocycles. The van der Waals surface area contributed by atoms with Gasteiger partial charge in [0.25, 0.3) is 0 Å². The SMILES string of the molecule is COCCNCc1ccc(N(C)C2CCOC2)nc1. The van der Waals surface area contributed by atoms with E-state index in [1.165, 1.54) is 5.56 Å². The summed E-state index contributed by atoms with van der Waals surface area (Å²) in [4.78, 5) is 6.72. The summed E-state index contributed by atoms with van der Waals surface area (Å²) >= 11 is 0. The van der Waals surface area contributed by atoms with Gasteiger partial charge in [-0.05, 0) is 18.1 Å². The fraction of sp³-hybridized carbons (Fsp3) is 0.643. The second-order valence-electron chi connectivity index (χ2n) is 4.82. The molecule has 0 amide bonds. The van der Waals surface area contributed by atoms with E-state index in [1.807, 2.05) is 6.20 Å². The Bertz CT molecular complexity index is 363. The van der Waals surface area contributed by atoms with Crippen LogP contribution in [0.25, 0.3) is 0 Å². The Morgan fingerprint density at radius 1 is 1.53 bits per heavy atom. The number of nitrogens with zero attached hydrogens (tertiary/aromatic N) is 2. The van der Waals surface area contributed by atoms with Gasteiger partial charge in [-0.1, -0.05) is 6.07 Å². The normalized spacial score (nSPS) is 18.7. The maximum Gasteiger partial charge on any atom is 0.128 e. The summed E-state index contributed by atoms with van der Waals surface area (Å²) in [6.07, 6.45) is 3.01. The van der Waals surface area contributed by atoms with Gasteiger partial charge in [-0.25, -0.2) is 4.98 Å². The van der Waals surface area contributed by atoms with Crippen molar-refractivity contribution in [3.05, 3.63) is 23.9 Å². The van der Waals surface area contributed by atoms with Gasteiger partial charge < -0.3 is 19.7 Å². The average Bonchev–Trinajstić information content (AvgIpc) is 2.98. The summed E-state index contributed by atoms with van der Waals surface area (Å²) in [7, 11) is 3.79. The Kier molecular flexibility index (Phi) is 5.57. The minimum atomic E-state index is 0.457. The van der Waals surface area contributed by atoms with Crippen molar-refractivity contribution in [2.75, 3.05) is 45.4 Å². The van der Waals surface area contributed by atoms with Gasteiger partial charge in [-0.2, -0.15) is 0 Å². The van der Waals surface area contributed by atoms with Crippen LogP contribution < -0.4 is 10.2 Å². The first-order chi connectivity index (χ1) is 9.31. The van der Waals surface area contributed by atoms with Gasteiger partial charge in [0.1, 0.15) is 5.82 Å². The Morgan fingerprint density at radius 3 is 3.05 bits per heavy atom. The van der Waals surface area contributed by atoms with Crippen molar-refractivity contribution in [2.45, 2.75) is 19.0 Å². The van der Waals surface area contributed by atoms with E-state index in [2.05, 4.69) is 34.4 Å². The van der Waals surface area contributed by atoms with E-state index in [-0.39, 0.29) is 0 Å². The van der Waals surface area contributed by atoms with Crippen LogP contribution in [0.1, 0.15) is 12.0 Å². The molecule has 0 bridgehead atoms. The van der Waals surface area contributed by atoms with E-state index in [4.69, 9.17) is 9.47 Å². The van der Waals surface area contributed by atoms with Crippen LogP contribution in [-0.2, 0) is 16.0 Å². The predicted molar refractivity (Wildman–Crippen MR) is 75.4 cm³/mol. The molecule has 1 aliphatic heterocycles. The number of methoxy groups -OCH3 is 1. The Labute approximate surface area is 114 Å². The van der Waals surface area contributed by atoms with Crippen LogP contribution in [0, 0.1) is 0 Å². The van der Waals surface area contributed by atoms with Crippen molar-refractivity contribution < 1.29 is 9.47 Å². The second-order valence-corrected chi connectivity index (χ2v) is 4.82. The number of anilines is 1. The molecular formula is C14H23N3O2. The third-order valence-electron chi connectivity index (χ3n) is 3.44. The first-order valence-electron chi connectivity index (χ1n) is 6.76. The van der Waals surface area contributed by atoms with E-state index >= 15 is 0 Å². The van der Waals surface area contributed by atoms with Crippen LogP contribution in [0.5, 0.6) is 0 Å². The highest BCUT2D eigenvalue weighted by Crippen LogP contribution is 2.17. The quantitative estimate of drug-likeness (QED) is 0.747. The number of ether oxygens (including phenoxy) is 2. The van der Waals surface area contributed by atoms with Crippen LogP contribution in [0.3, 0.4) is 0 Å². The fourth-order valence-corrected chi connectivity index (χ4v) is 2.15. The summed E-state index contributed by atoms with van der Waals surface area (Å²) in [5, 5.41) is 3.31. The number of aromatic nitrogens is 1. The minimum Gasteiger partial charge on any atom is -0.383 e. The number of likely N-dealkylation sites (N-methyl/N-ethyl adjacent to an activating group) is 1. The molecule has 1 fully saturated rings. The van der Waals surface area contributed by atoms with Gasteiger partial charge in [-0.3, -0.25) is 0 Å². The van der Waals surface area contributed by atoms with E-state index in [0.29, 0.717) is 6.04 Å². The van der Waals surface area contributed by atoms with E-state index in [1.54, 1.807) is 7.11 Å². The molecule has 5 heteroatoms. The lowest BCUT2D eigenvalue weighted by Gasteiger charge is -2.24. The van der Waals surface area contributed by atoms with Crippen LogP contribution in [0.4, 0.5) is 5.82 Å². The van der Waals surface area contributed by atoms with Crippen LogP contribution in [-0.4, -0.2) is 51.5 Å². The molecule has 0 spiro atoms. The molecule has 19 heavy (non-hydrogen) atoms. The topological polar surface area (TPSA) is 46.6 Å². The molecule has 5 nitrogen and oxygen atoms in total. The van der Waals surface area contributed by atoms with Gasteiger partial charge in [0, 0.05) is 40.1 Å². The number of hydrogen-bond acceptors (Lipinski definition) is 5. The Hall–Kier alpha value is -1.17. The molecule has 1 unspecified atom stereocenters. The Morgan fingerprint density at radius 2 is 2.42 bits per heavy atom. The van der Waals surface area contributed by atoms with Crippen molar-refractivity contribution in [3.63, 3.8) is 0 Å². The minimum absolute atomic E-state index is 0.457. The van der Waals surface area contributed by atoms with Gasteiger partial charge in [0.2, 0.25) is 0 Å². The molecule has 0 aromatic carbocycles. The summed E-state index contributed by atoms with van der Waals surface area (Å²) < 4.78 is 10.4. The highest BCUT2D eigenvalue weighted by Gasteiger charge is 2.21. The average molecular weight is 265 g/mol. The molecule has 1 N–H and O–H groups in total. The van der Waals surface area contributed by atoms with Crippen LogP contribution >= 0.6 is 0 Å². The van der Waals surface area contributed by atoms with E-state index in [9.17, 15) is 0 Å². The predicted octanol–water partition coefficient (Wildman–Crippen LogP) is 1.04. The highest BCUT2D eigenvalue weighted by molar-refractivity contribution is 5.39. The first-order valence-corrected chi connectivity index (χ1v) is 6.76. The van der Waals surface area contributed by atoms with Crippen molar-refractivity contribution in [1.82, 2.24) is 10.3 Å². The maximum absolute atomic E-state index is 5.41. The van der Waals surface area contributed by atoms with Crippen molar-refractivity contribution >= 4 is 5.82 Å². The summed E-state index contributed by atoms with van der Waals surface area (Å²) in [5.41, 5.74) is 1.19. The van der Waals surface area contributed by atoms with Crippen molar-refractivity contribution in [2.24, 2.45) is 0 Å². The fourth-order valence-electron chi connectivity index (χ4n) is 2.15. The lowest BCUT2D eigenvalue weighted by molar-refractivity contribution is 0.193. The molecular weight excluding hydrogens is 242 g/mol. The summed E-state index contributed by atoms with van der Waals surface area (Å²) in [5.74, 6) is 1.01. The van der Waals surface area contributed by atoms with Crippen molar-refractivity contribution in [1.29, 1.82) is 0 Å². The zero-order valence-corrected chi connectivity index (χ0v) is 11.8. The van der Waals surface area contributed by atoms with E-state index in [0.717, 1.165) is 45.1 Å². The summed E-state index contributed by atoms with van der Waals surface area (Å²) in [6, 6.07) is 4.65. The van der Waals surface area contributed by atoms with Gasteiger partial charge >= 0.3 is 0 Å². The molecule has 1 aliphatic rings. The lowest BCUT2D eigenvalue weighted by Crippen LogP contribution is -2.32. The lowest BCUT2D eigenvalue weighted by atomic mass is 10.2. The third-order valence-corrected chi connectivity index (χ3v) is 3.44. The standard InChI is InChI=1S/C14H23N3O2/c1-17(13-5-7-19-11-13)14-4-3-12(10-16-14)9-15-6-8-18-2/h3-4,10,13,15H,5-9,11H2,1-2H3. The van der Waals surface area contributed by atoms with Crippen molar-refractivity contribution in [3.8, 4) is 0 Å². The first kappa shape index (κ1) is 14.2. The number of rotatable bonds is 7. The molecule has 1 aromatic rings. The molecule has 0 radical (unpaired) electrons. The van der Waals surface area contributed by atoms with E-state index < -0.39 is 0 Å². The van der Waals surface area contributed by atoms with Gasteiger partial charge in [0.15, 0.2) is 0 Å². The molecule has 1 saturated heterocycles. The molecule has 106 valence electrons. The molecule has 1 atom stereocenters. The highest BCUT2D eigenvalue weighted by atomic mass is 16.5. The number of hydrogen-bond donors (Lipinski definition) is 1. The summed E-state index contributed by atoms with van der Waals surface area (Å²) in [6.45, 7) is 4.08. The monoisotopic (exact) mass is 265 g/mol. The smallest absolute Gasteiger partial charge is 0.128 e.